The molecule has 0 aliphatic rings. The summed E-state index contributed by atoms with van der Waals surface area (Å²) in [5.41, 5.74) is 2.05. The lowest BCUT2D eigenvalue weighted by Crippen LogP contribution is -2.25. The van der Waals surface area contributed by atoms with E-state index < -0.39 is 5.97 Å². The second-order valence-corrected chi connectivity index (χ2v) is 4.03. The van der Waals surface area contributed by atoms with Gasteiger partial charge in [0.15, 0.2) is 0 Å². The fraction of sp³-hybridized carbons (Fsp3) is 0.429. The maximum atomic E-state index is 11.4. The van der Waals surface area contributed by atoms with Crippen LogP contribution in [0.5, 0.6) is 5.75 Å². The number of benzene rings is 1. The van der Waals surface area contributed by atoms with Gasteiger partial charge < -0.3 is 14.8 Å². The molecule has 0 heterocycles. The van der Waals surface area contributed by atoms with Crippen LogP contribution in [0.1, 0.15) is 24.5 Å². The monoisotopic (exact) mass is 265 g/mol. The van der Waals surface area contributed by atoms with Crippen LogP contribution in [0.25, 0.3) is 0 Å². The van der Waals surface area contributed by atoms with Crippen LogP contribution < -0.4 is 10.1 Å². The molecule has 1 N–H and O–H groups in total. The van der Waals surface area contributed by atoms with Crippen LogP contribution >= 0.6 is 0 Å². The highest BCUT2D eigenvalue weighted by atomic mass is 16.5. The Kier molecular flexibility index (Phi) is 5.85. The van der Waals surface area contributed by atoms with Gasteiger partial charge in [0, 0.05) is 6.54 Å². The molecular weight excluding hydrogens is 246 g/mol. The Hall–Kier alpha value is -2.04. The van der Waals surface area contributed by atoms with Crippen molar-refractivity contribution in [3.05, 3.63) is 29.3 Å². The Morgan fingerprint density at radius 1 is 1.26 bits per heavy atom. The average Bonchev–Trinajstić information content (AvgIpc) is 2.44. The van der Waals surface area contributed by atoms with Gasteiger partial charge in [-0.15, -0.1) is 0 Å². The molecule has 0 saturated heterocycles. The molecule has 0 bridgehead atoms. The highest BCUT2D eigenvalue weighted by molar-refractivity contribution is 5.94. The first-order chi connectivity index (χ1) is 9.10. The number of hydrogen-bond donors (Lipinski definition) is 1. The van der Waals surface area contributed by atoms with E-state index in [0.29, 0.717) is 6.54 Å². The quantitative estimate of drug-likeness (QED) is 0.624. The molecule has 5 heteroatoms. The smallest absolute Gasteiger partial charge is 0.315 e. The lowest BCUT2D eigenvalue weighted by molar-refractivity contribution is -0.143. The third kappa shape index (κ3) is 4.62. The van der Waals surface area contributed by atoms with Crippen LogP contribution in [-0.4, -0.2) is 26.1 Å². The number of carbonyl (C=O) groups is 2. The number of nitrogens with one attached hydrogen (secondary N) is 1. The summed E-state index contributed by atoms with van der Waals surface area (Å²) in [6.45, 7) is 2.42. The van der Waals surface area contributed by atoms with Gasteiger partial charge in [0.25, 0.3) is 0 Å². The van der Waals surface area contributed by atoms with E-state index in [1.54, 1.807) is 7.11 Å². The number of rotatable bonds is 6. The lowest BCUT2D eigenvalue weighted by atomic mass is 10.1. The minimum absolute atomic E-state index is 0.257. The second-order valence-electron chi connectivity index (χ2n) is 4.03. The second kappa shape index (κ2) is 7.41. The van der Waals surface area contributed by atoms with E-state index in [0.717, 1.165) is 23.3 Å². The minimum Gasteiger partial charge on any atom is -0.496 e. The third-order valence-electron chi connectivity index (χ3n) is 2.75. The molecule has 0 unspecified atom stereocenters. The molecule has 104 valence electrons. The van der Waals surface area contributed by atoms with Crippen LogP contribution in [0.3, 0.4) is 0 Å². The molecule has 0 fully saturated rings. The molecule has 5 nitrogen and oxygen atoms in total. The van der Waals surface area contributed by atoms with Crippen LogP contribution in [0, 0.1) is 0 Å². The molecule has 0 atom stereocenters. The van der Waals surface area contributed by atoms with Crippen molar-refractivity contribution in [3.8, 4) is 5.75 Å². The highest BCUT2D eigenvalue weighted by Gasteiger charge is 2.09. The van der Waals surface area contributed by atoms with Gasteiger partial charge in [0.05, 0.1) is 14.2 Å². The van der Waals surface area contributed by atoms with Gasteiger partial charge in [0.1, 0.15) is 12.2 Å². The lowest BCUT2D eigenvalue weighted by Gasteiger charge is -2.10. The van der Waals surface area contributed by atoms with Crippen molar-refractivity contribution in [3.63, 3.8) is 0 Å². The Morgan fingerprint density at radius 2 is 2.00 bits per heavy atom. The summed E-state index contributed by atoms with van der Waals surface area (Å²) in [6, 6.07) is 5.74. The van der Waals surface area contributed by atoms with E-state index in [2.05, 4.69) is 10.1 Å². The van der Waals surface area contributed by atoms with E-state index >= 15 is 0 Å². The zero-order valence-corrected chi connectivity index (χ0v) is 11.5. The van der Waals surface area contributed by atoms with Crippen LogP contribution in [0.2, 0.25) is 0 Å². The summed E-state index contributed by atoms with van der Waals surface area (Å²) in [5, 5.41) is 2.67. The Balaban J connectivity index is 2.58. The fourth-order valence-corrected chi connectivity index (χ4v) is 1.68. The van der Waals surface area contributed by atoms with E-state index in [1.165, 1.54) is 7.11 Å². The van der Waals surface area contributed by atoms with E-state index in [-0.39, 0.29) is 12.3 Å². The SMILES string of the molecule is CCc1cc(CNC(=O)CC(=O)OC)ccc1OC. The van der Waals surface area contributed by atoms with Crippen LogP contribution in [0.15, 0.2) is 18.2 Å². The first kappa shape index (κ1) is 15.0. The van der Waals surface area contributed by atoms with E-state index in [1.807, 2.05) is 25.1 Å². The molecule has 0 radical (unpaired) electrons. The number of methoxy groups -OCH3 is 2. The van der Waals surface area contributed by atoms with Crippen molar-refractivity contribution in [1.29, 1.82) is 0 Å². The van der Waals surface area contributed by atoms with E-state index in [9.17, 15) is 9.59 Å². The predicted octanol–water partition coefficient (Wildman–Crippen LogP) is 1.44. The Morgan fingerprint density at radius 3 is 2.58 bits per heavy atom. The van der Waals surface area contributed by atoms with Gasteiger partial charge in [-0.25, -0.2) is 0 Å². The number of carbonyl (C=O) groups excluding carboxylic acids is 2. The predicted molar refractivity (Wildman–Crippen MR) is 70.9 cm³/mol. The number of amides is 1. The molecule has 19 heavy (non-hydrogen) atoms. The highest BCUT2D eigenvalue weighted by Crippen LogP contribution is 2.20. The molecule has 0 aliphatic heterocycles. The first-order valence-corrected chi connectivity index (χ1v) is 6.10. The minimum atomic E-state index is -0.540. The Bertz CT molecular complexity index is 457. The largest absolute Gasteiger partial charge is 0.496 e. The van der Waals surface area contributed by atoms with Crippen molar-refractivity contribution in [2.24, 2.45) is 0 Å². The summed E-state index contributed by atoms with van der Waals surface area (Å²) in [4.78, 5) is 22.3. The third-order valence-corrected chi connectivity index (χ3v) is 2.75. The van der Waals surface area contributed by atoms with Gasteiger partial charge >= 0.3 is 5.97 Å². The molecule has 1 rings (SSSR count). The van der Waals surface area contributed by atoms with Gasteiger partial charge in [-0.05, 0) is 23.6 Å². The zero-order chi connectivity index (χ0) is 14.3. The Labute approximate surface area is 112 Å². The molecule has 0 aliphatic carbocycles. The van der Waals surface area contributed by atoms with Crippen molar-refractivity contribution in [2.45, 2.75) is 26.3 Å². The van der Waals surface area contributed by atoms with Gasteiger partial charge in [-0.2, -0.15) is 0 Å². The average molecular weight is 265 g/mol. The maximum Gasteiger partial charge on any atom is 0.315 e. The summed E-state index contributed by atoms with van der Waals surface area (Å²) >= 11 is 0. The number of hydrogen-bond acceptors (Lipinski definition) is 4. The fourth-order valence-electron chi connectivity index (χ4n) is 1.68. The standard InChI is InChI=1S/C14H19NO4/c1-4-11-7-10(5-6-12(11)18-2)9-15-13(16)8-14(17)19-3/h5-7H,4,8-9H2,1-3H3,(H,15,16). The maximum absolute atomic E-state index is 11.4. The molecule has 0 spiro atoms. The van der Waals surface area contributed by atoms with Crippen LogP contribution in [0.4, 0.5) is 0 Å². The summed E-state index contributed by atoms with van der Waals surface area (Å²) in [7, 11) is 2.89. The normalized spacial score (nSPS) is 9.84. The summed E-state index contributed by atoms with van der Waals surface area (Å²) in [6.07, 6.45) is 0.598. The molecule has 1 amide bonds. The van der Waals surface area contributed by atoms with Crippen molar-refractivity contribution < 1.29 is 19.1 Å². The van der Waals surface area contributed by atoms with Crippen molar-refractivity contribution in [2.75, 3.05) is 14.2 Å². The van der Waals surface area contributed by atoms with Gasteiger partial charge in [0.2, 0.25) is 5.91 Å². The molecule has 0 aromatic heterocycles. The van der Waals surface area contributed by atoms with Gasteiger partial charge in [-0.3, -0.25) is 9.59 Å². The summed E-state index contributed by atoms with van der Waals surface area (Å²) < 4.78 is 9.66. The molecule has 1 aromatic carbocycles. The van der Waals surface area contributed by atoms with Crippen molar-refractivity contribution in [1.82, 2.24) is 5.32 Å². The first-order valence-electron chi connectivity index (χ1n) is 6.10. The zero-order valence-electron chi connectivity index (χ0n) is 11.5. The van der Waals surface area contributed by atoms with Gasteiger partial charge in [-0.1, -0.05) is 19.1 Å². The topological polar surface area (TPSA) is 64.6 Å². The van der Waals surface area contributed by atoms with Crippen molar-refractivity contribution >= 4 is 11.9 Å². The summed E-state index contributed by atoms with van der Waals surface area (Å²) in [5.74, 6) is -0.0469. The number of esters is 1. The van der Waals surface area contributed by atoms with Crippen LogP contribution in [-0.2, 0) is 27.3 Å². The number of aryl methyl sites for hydroxylation is 1. The number of ether oxygens (including phenoxy) is 2. The molecular formula is C14H19NO4. The molecule has 0 saturated carbocycles. The molecule has 1 aromatic rings. The van der Waals surface area contributed by atoms with E-state index in [4.69, 9.17) is 4.74 Å².